The van der Waals surface area contributed by atoms with E-state index in [1.165, 1.54) is 32.4 Å². The highest BCUT2D eigenvalue weighted by Crippen LogP contribution is 2.15. The lowest BCUT2D eigenvalue weighted by molar-refractivity contribution is 0.237. The monoisotopic (exact) mass is 300 g/mol. The molecule has 0 saturated carbocycles. The zero-order valence-electron chi connectivity index (χ0n) is 13.4. The van der Waals surface area contributed by atoms with Crippen LogP contribution in [0.2, 0.25) is 0 Å². The molecule has 1 aromatic heterocycles. The van der Waals surface area contributed by atoms with E-state index in [1.54, 1.807) is 11.6 Å². The van der Waals surface area contributed by atoms with Crippen molar-refractivity contribution >= 4 is 16.6 Å². The number of piperidine rings is 1. The molecule has 3 rings (SSSR count). The Hall–Kier alpha value is -1.88. The molecule has 0 unspecified atom stereocenters. The summed E-state index contributed by atoms with van der Waals surface area (Å²) in [6.07, 6.45) is 4.01. The van der Waals surface area contributed by atoms with Crippen molar-refractivity contribution in [3.8, 4) is 0 Å². The minimum Gasteiger partial charge on any atom is -0.384 e. The van der Waals surface area contributed by atoms with Gasteiger partial charge < -0.3 is 10.2 Å². The van der Waals surface area contributed by atoms with Crippen LogP contribution in [-0.2, 0) is 7.05 Å². The van der Waals surface area contributed by atoms with Crippen molar-refractivity contribution in [2.75, 3.05) is 31.5 Å². The Morgan fingerprint density at radius 1 is 1.23 bits per heavy atom. The Labute approximate surface area is 131 Å². The first-order chi connectivity index (χ1) is 10.6. The molecule has 0 bridgehead atoms. The summed E-state index contributed by atoms with van der Waals surface area (Å²) in [4.78, 5) is 19.2. The molecule has 0 aliphatic carbocycles. The van der Waals surface area contributed by atoms with Gasteiger partial charge in [0.15, 0.2) is 0 Å². The maximum Gasteiger partial charge on any atom is 0.261 e. The predicted octanol–water partition coefficient (Wildman–Crippen LogP) is 2.14. The highest BCUT2D eigenvalue weighted by atomic mass is 16.1. The van der Waals surface area contributed by atoms with Crippen LogP contribution in [-0.4, -0.2) is 40.6 Å². The zero-order valence-corrected chi connectivity index (χ0v) is 13.4. The van der Waals surface area contributed by atoms with Gasteiger partial charge in [-0.05, 0) is 51.1 Å². The Kier molecular flexibility index (Phi) is 4.43. The summed E-state index contributed by atoms with van der Waals surface area (Å²) in [6.45, 7) is 6.29. The van der Waals surface area contributed by atoms with E-state index in [2.05, 4.69) is 15.2 Å². The number of fused-ring (bicyclic) bond motifs is 1. The Bertz CT molecular complexity index is 716. The van der Waals surface area contributed by atoms with Crippen molar-refractivity contribution in [3.05, 3.63) is 34.4 Å². The maximum absolute atomic E-state index is 12.2. The summed E-state index contributed by atoms with van der Waals surface area (Å²) in [5.41, 5.74) is 1.82. The molecule has 5 nitrogen and oxygen atoms in total. The molecule has 1 saturated heterocycles. The van der Waals surface area contributed by atoms with E-state index in [-0.39, 0.29) is 5.56 Å². The van der Waals surface area contributed by atoms with E-state index in [0.717, 1.165) is 30.1 Å². The predicted molar refractivity (Wildman–Crippen MR) is 90.5 cm³/mol. The average Bonchev–Trinajstić information content (AvgIpc) is 2.54. The van der Waals surface area contributed by atoms with Crippen molar-refractivity contribution < 1.29 is 0 Å². The van der Waals surface area contributed by atoms with Crippen LogP contribution in [0.15, 0.2) is 23.0 Å². The molecule has 0 radical (unpaired) electrons. The molecule has 1 aromatic carbocycles. The normalized spacial score (nSPS) is 16.1. The molecular weight excluding hydrogens is 276 g/mol. The van der Waals surface area contributed by atoms with Crippen molar-refractivity contribution in [2.45, 2.75) is 26.2 Å². The Morgan fingerprint density at radius 3 is 2.77 bits per heavy atom. The van der Waals surface area contributed by atoms with Gasteiger partial charge in [-0.15, -0.1) is 0 Å². The number of rotatable bonds is 4. The summed E-state index contributed by atoms with van der Waals surface area (Å²) in [5.74, 6) is 0.739. The number of aryl methyl sites for hydroxylation is 1. The third-order valence-electron chi connectivity index (χ3n) is 4.51. The lowest BCUT2D eigenvalue weighted by atomic mass is 10.1. The second kappa shape index (κ2) is 6.48. The van der Waals surface area contributed by atoms with Gasteiger partial charge in [0.05, 0.1) is 10.9 Å². The van der Waals surface area contributed by atoms with Gasteiger partial charge in [-0.25, -0.2) is 4.98 Å². The van der Waals surface area contributed by atoms with Gasteiger partial charge >= 0.3 is 0 Å². The Morgan fingerprint density at radius 2 is 2.00 bits per heavy atom. The lowest BCUT2D eigenvalue weighted by Gasteiger charge is -2.26. The molecule has 1 fully saturated rings. The molecular formula is C17H24N4O. The number of hydrogen-bond acceptors (Lipinski definition) is 4. The van der Waals surface area contributed by atoms with Gasteiger partial charge in [-0.1, -0.05) is 6.42 Å². The molecule has 5 heteroatoms. The standard InChI is InChI=1S/C17H24N4O/c1-13-19-16-12-14(6-7-15(16)17(22)20(13)2)18-8-11-21-9-4-3-5-10-21/h6-7,12,18H,3-5,8-11H2,1-2H3. The lowest BCUT2D eigenvalue weighted by Crippen LogP contribution is -2.33. The highest BCUT2D eigenvalue weighted by molar-refractivity contribution is 5.81. The fourth-order valence-electron chi connectivity index (χ4n) is 3.03. The zero-order chi connectivity index (χ0) is 15.5. The van der Waals surface area contributed by atoms with Crippen LogP contribution in [0.25, 0.3) is 10.9 Å². The van der Waals surface area contributed by atoms with Gasteiger partial charge in [0.2, 0.25) is 0 Å². The van der Waals surface area contributed by atoms with E-state index >= 15 is 0 Å². The fraction of sp³-hybridized carbons (Fsp3) is 0.529. The molecule has 1 aliphatic heterocycles. The van der Waals surface area contributed by atoms with Gasteiger partial charge in [0.1, 0.15) is 5.82 Å². The van der Waals surface area contributed by atoms with E-state index in [0.29, 0.717) is 5.39 Å². The maximum atomic E-state index is 12.2. The number of hydrogen-bond donors (Lipinski definition) is 1. The van der Waals surface area contributed by atoms with Crippen LogP contribution in [0.3, 0.4) is 0 Å². The number of benzene rings is 1. The van der Waals surface area contributed by atoms with Gasteiger partial charge in [0, 0.05) is 25.8 Å². The summed E-state index contributed by atoms with van der Waals surface area (Å²) < 4.78 is 1.59. The molecule has 1 N–H and O–H groups in total. The molecule has 0 atom stereocenters. The summed E-state index contributed by atoms with van der Waals surface area (Å²) in [5, 5.41) is 4.12. The number of anilines is 1. The summed E-state index contributed by atoms with van der Waals surface area (Å²) >= 11 is 0. The van der Waals surface area contributed by atoms with Crippen LogP contribution in [0, 0.1) is 6.92 Å². The van der Waals surface area contributed by atoms with Crippen LogP contribution in [0.1, 0.15) is 25.1 Å². The van der Waals surface area contributed by atoms with Crippen LogP contribution in [0.5, 0.6) is 0 Å². The van der Waals surface area contributed by atoms with Crippen molar-refractivity contribution in [1.29, 1.82) is 0 Å². The molecule has 2 aromatic rings. The van der Waals surface area contributed by atoms with E-state index in [1.807, 2.05) is 25.1 Å². The minimum atomic E-state index is 0.0161. The molecule has 0 amide bonds. The van der Waals surface area contributed by atoms with Crippen molar-refractivity contribution in [3.63, 3.8) is 0 Å². The number of nitrogens with one attached hydrogen (secondary N) is 1. The quantitative estimate of drug-likeness (QED) is 0.940. The second-order valence-corrected chi connectivity index (χ2v) is 6.08. The van der Waals surface area contributed by atoms with Crippen molar-refractivity contribution in [2.24, 2.45) is 7.05 Å². The third-order valence-corrected chi connectivity index (χ3v) is 4.51. The number of aromatic nitrogens is 2. The van der Waals surface area contributed by atoms with Gasteiger partial charge in [-0.2, -0.15) is 0 Å². The third kappa shape index (κ3) is 3.14. The molecule has 22 heavy (non-hydrogen) atoms. The summed E-state index contributed by atoms with van der Waals surface area (Å²) in [6, 6.07) is 5.81. The fourth-order valence-corrected chi connectivity index (χ4v) is 3.03. The smallest absolute Gasteiger partial charge is 0.261 e. The summed E-state index contributed by atoms with van der Waals surface area (Å²) in [7, 11) is 1.76. The van der Waals surface area contributed by atoms with Crippen LogP contribution in [0.4, 0.5) is 5.69 Å². The average molecular weight is 300 g/mol. The van der Waals surface area contributed by atoms with Crippen LogP contribution >= 0.6 is 0 Å². The van der Waals surface area contributed by atoms with Crippen LogP contribution < -0.4 is 10.9 Å². The van der Waals surface area contributed by atoms with E-state index < -0.39 is 0 Å². The van der Waals surface area contributed by atoms with Gasteiger partial charge in [0.25, 0.3) is 5.56 Å². The molecule has 0 spiro atoms. The van der Waals surface area contributed by atoms with E-state index in [4.69, 9.17) is 0 Å². The van der Waals surface area contributed by atoms with Gasteiger partial charge in [-0.3, -0.25) is 9.36 Å². The highest BCUT2D eigenvalue weighted by Gasteiger charge is 2.09. The van der Waals surface area contributed by atoms with Crippen molar-refractivity contribution in [1.82, 2.24) is 14.5 Å². The largest absolute Gasteiger partial charge is 0.384 e. The molecule has 2 heterocycles. The number of nitrogens with zero attached hydrogens (tertiary/aromatic N) is 3. The SMILES string of the molecule is Cc1nc2cc(NCCN3CCCCC3)ccc2c(=O)n1C. The molecule has 1 aliphatic rings. The first-order valence-electron chi connectivity index (χ1n) is 8.09. The topological polar surface area (TPSA) is 50.2 Å². The number of likely N-dealkylation sites (tertiary alicyclic amines) is 1. The minimum absolute atomic E-state index is 0.0161. The first kappa shape index (κ1) is 15.0. The van der Waals surface area contributed by atoms with E-state index in [9.17, 15) is 4.79 Å². The molecule has 118 valence electrons. The Balaban J connectivity index is 1.69. The second-order valence-electron chi connectivity index (χ2n) is 6.08. The first-order valence-corrected chi connectivity index (χ1v) is 8.09.